The van der Waals surface area contributed by atoms with Crippen LogP contribution in [-0.4, -0.2) is 35.1 Å². The molecule has 1 heterocycles. The van der Waals surface area contributed by atoms with Crippen molar-refractivity contribution in [2.45, 2.75) is 31.7 Å². The van der Waals surface area contributed by atoms with Crippen LogP contribution >= 0.6 is 15.9 Å². The molecule has 0 spiro atoms. The largest absolute Gasteiger partial charge is 0.480 e. The van der Waals surface area contributed by atoms with Crippen molar-refractivity contribution in [1.82, 2.24) is 4.90 Å². The van der Waals surface area contributed by atoms with Crippen molar-refractivity contribution in [2.75, 3.05) is 13.1 Å². The van der Waals surface area contributed by atoms with Crippen molar-refractivity contribution >= 4 is 21.9 Å². The third-order valence-electron chi connectivity index (χ3n) is 3.57. The summed E-state index contributed by atoms with van der Waals surface area (Å²) in [6.07, 6.45) is 1.77. The van der Waals surface area contributed by atoms with Crippen molar-refractivity contribution in [3.63, 3.8) is 0 Å². The Bertz CT molecular complexity index is 436. The van der Waals surface area contributed by atoms with Crippen LogP contribution in [0.5, 0.6) is 0 Å². The van der Waals surface area contributed by atoms with Gasteiger partial charge in [-0.1, -0.05) is 35.0 Å². The molecule has 2 rings (SSSR count). The average molecular weight is 312 g/mol. The number of likely N-dealkylation sites (tertiary alicyclic amines) is 1. The van der Waals surface area contributed by atoms with E-state index in [-0.39, 0.29) is 6.04 Å². The molecule has 4 heteroatoms. The predicted molar refractivity (Wildman–Crippen MR) is 74.8 cm³/mol. The van der Waals surface area contributed by atoms with Gasteiger partial charge in [0.1, 0.15) is 6.04 Å². The van der Waals surface area contributed by atoms with Crippen LogP contribution in [0.2, 0.25) is 0 Å². The molecule has 0 bridgehead atoms. The summed E-state index contributed by atoms with van der Waals surface area (Å²) in [5.74, 6) is -0.337. The molecule has 0 amide bonds. The van der Waals surface area contributed by atoms with E-state index in [9.17, 15) is 4.79 Å². The second-order valence-corrected chi connectivity index (χ2v) is 5.86. The minimum Gasteiger partial charge on any atom is -0.480 e. The molecule has 1 saturated heterocycles. The Balaban J connectivity index is 2.03. The van der Waals surface area contributed by atoms with Crippen molar-refractivity contribution in [2.24, 2.45) is 0 Å². The highest BCUT2D eigenvalue weighted by Gasteiger charge is 2.31. The number of carbonyl (C=O) groups is 1. The summed E-state index contributed by atoms with van der Waals surface area (Å²) in [7, 11) is 0. The average Bonchev–Trinajstić information content (AvgIpc) is 2.77. The number of hydrogen-bond donors (Lipinski definition) is 1. The molecule has 2 unspecified atom stereocenters. The van der Waals surface area contributed by atoms with E-state index in [1.54, 1.807) is 0 Å². The molecule has 1 aromatic rings. The van der Waals surface area contributed by atoms with Gasteiger partial charge in [0, 0.05) is 11.0 Å². The zero-order valence-corrected chi connectivity index (χ0v) is 12.1. The van der Waals surface area contributed by atoms with E-state index < -0.39 is 5.97 Å². The molecule has 3 nitrogen and oxygen atoms in total. The minimum absolute atomic E-state index is 0.292. The molecule has 18 heavy (non-hydrogen) atoms. The Kier molecular flexibility index (Phi) is 4.40. The third-order valence-corrected chi connectivity index (χ3v) is 4.07. The quantitative estimate of drug-likeness (QED) is 0.929. The maximum Gasteiger partial charge on any atom is 0.320 e. The zero-order chi connectivity index (χ0) is 13.1. The first kappa shape index (κ1) is 13.6. The molecule has 1 aliphatic rings. The number of halogens is 1. The number of nitrogens with zero attached hydrogens (tertiary/aromatic N) is 1. The van der Waals surface area contributed by atoms with Gasteiger partial charge >= 0.3 is 5.97 Å². The van der Waals surface area contributed by atoms with Gasteiger partial charge in [-0.3, -0.25) is 9.69 Å². The van der Waals surface area contributed by atoms with Gasteiger partial charge in [-0.05, 0) is 43.0 Å². The monoisotopic (exact) mass is 311 g/mol. The number of benzene rings is 1. The Labute approximate surface area is 116 Å². The van der Waals surface area contributed by atoms with Crippen LogP contribution < -0.4 is 0 Å². The zero-order valence-electron chi connectivity index (χ0n) is 10.5. The van der Waals surface area contributed by atoms with Gasteiger partial charge in [-0.15, -0.1) is 0 Å². The van der Waals surface area contributed by atoms with E-state index >= 15 is 0 Å². The Morgan fingerprint density at radius 1 is 1.61 bits per heavy atom. The molecule has 1 N–H and O–H groups in total. The smallest absolute Gasteiger partial charge is 0.320 e. The van der Waals surface area contributed by atoms with E-state index in [2.05, 4.69) is 39.9 Å². The molecule has 2 atom stereocenters. The van der Waals surface area contributed by atoms with Crippen LogP contribution in [0.15, 0.2) is 28.7 Å². The summed E-state index contributed by atoms with van der Waals surface area (Å²) in [5.41, 5.74) is 1.25. The standard InChI is InChI=1S/C14H18BrNO2/c1-10(11-4-2-5-12(15)8-11)9-16-7-3-6-13(16)14(17)18/h2,4-5,8,10,13H,3,6-7,9H2,1H3,(H,17,18). The fourth-order valence-corrected chi connectivity index (χ4v) is 3.01. The molecule has 0 aromatic heterocycles. The Hall–Kier alpha value is -0.870. The van der Waals surface area contributed by atoms with E-state index in [0.717, 1.165) is 30.4 Å². The number of rotatable bonds is 4. The fraction of sp³-hybridized carbons (Fsp3) is 0.500. The normalized spacial score (nSPS) is 22.0. The van der Waals surface area contributed by atoms with Crippen LogP contribution in [0.1, 0.15) is 31.2 Å². The fourth-order valence-electron chi connectivity index (χ4n) is 2.59. The second kappa shape index (κ2) is 5.85. The number of carboxylic acids is 1. The molecule has 98 valence electrons. The Morgan fingerprint density at radius 3 is 3.06 bits per heavy atom. The molecule has 0 aliphatic carbocycles. The first-order valence-electron chi connectivity index (χ1n) is 6.30. The number of carboxylic acid groups (broad SMARTS) is 1. The summed E-state index contributed by atoms with van der Waals surface area (Å²) in [4.78, 5) is 13.2. The second-order valence-electron chi connectivity index (χ2n) is 4.95. The molecule has 0 radical (unpaired) electrons. The lowest BCUT2D eigenvalue weighted by molar-refractivity contribution is -0.142. The lowest BCUT2D eigenvalue weighted by atomic mass is 10.0. The van der Waals surface area contributed by atoms with Crippen molar-refractivity contribution < 1.29 is 9.90 Å². The van der Waals surface area contributed by atoms with Gasteiger partial charge < -0.3 is 5.11 Å². The van der Waals surface area contributed by atoms with E-state index in [1.165, 1.54) is 5.56 Å². The third kappa shape index (κ3) is 3.12. The van der Waals surface area contributed by atoms with Crippen molar-refractivity contribution in [3.05, 3.63) is 34.3 Å². The van der Waals surface area contributed by atoms with Gasteiger partial charge in [0.05, 0.1) is 0 Å². The maximum absolute atomic E-state index is 11.1. The van der Waals surface area contributed by atoms with Gasteiger partial charge in [0.25, 0.3) is 0 Å². The molecule has 1 aliphatic heterocycles. The van der Waals surface area contributed by atoms with Gasteiger partial charge in [0.2, 0.25) is 0 Å². The molecule has 1 aromatic carbocycles. The number of aliphatic carboxylic acids is 1. The molecule has 1 fully saturated rings. The highest BCUT2D eigenvalue weighted by molar-refractivity contribution is 9.10. The highest BCUT2D eigenvalue weighted by Crippen LogP contribution is 2.25. The topological polar surface area (TPSA) is 40.5 Å². The van der Waals surface area contributed by atoms with Crippen LogP contribution in [-0.2, 0) is 4.79 Å². The van der Waals surface area contributed by atoms with Gasteiger partial charge in [-0.25, -0.2) is 0 Å². The molecular weight excluding hydrogens is 294 g/mol. The summed E-state index contributed by atoms with van der Waals surface area (Å²) in [6, 6.07) is 7.94. The highest BCUT2D eigenvalue weighted by atomic mass is 79.9. The van der Waals surface area contributed by atoms with E-state index in [4.69, 9.17) is 5.11 Å². The van der Waals surface area contributed by atoms with Gasteiger partial charge in [0.15, 0.2) is 0 Å². The number of hydrogen-bond acceptors (Lipinski definition) is 2. The molecule has 0 saturated carbocycles. The van der Waals surface area contributed by atoms with Crippen molar-refractivity contribution in [1.29, 1.82) is 0 Å². The van der Waals surface area contributed by atoms with E-state index in [1.807, 2.05) is 12.1 Å². The van der Waals surface area contributed by atoms with Gasteiger partial charge in [-0.2, -0.15) is 0 Å². The first-order valence-corrected chi connectivity index (χ1v) is 7.09. The van der Waals surface area contributed by atoms with E-state index in [0.29, 0.717) is 5.92 Å². The minimum atomic E-state index is -0.686. The van der Waals surface area contributed by atoms with Crippen molar-refractivity contribution in [3.8, 4) is 0 Å². The van der Waals surface area contributed by atoms with Crippen LogP contribution in [0.4, 0.5) is 0 Å². The lowest BCUT2D eigenvalue weighted by Gasteiger charge is -2.25. The lowest BCUT2D eigenvalue weighted by Crippen LogP contribution is -2.38. The maximum atomic E-state index is 11.1. The summed E-state index contributed by atoms with van der Waals surface area (Å²) in [5, 5.41) is 9.16. The van der Waals surface area contributed by atoms with Crippen LogP contribution in [0, 0.1) is 0 Å². The van der Waals surface area contributed by atoms with Crippen LogP contribution in [0.3, 0.4) is 0 Å². The molecular formula is C14H18BrNO2. The Morgan fingerprint density at radius 2 is 2.39 bits per heavy atom. The summed E-state index contributed by atoms with van der Waals surface area (Å²) < 4.78 is 1.07. The summed E-state index contributed by atoms with van der Waals surface area (Å²) >= 11 is 3.47. The first-order chi connectivity index (χ1) is 8.58. The van der Waals surface area contributed by atoms with Crippen LogP contribution in [0.25, 0.3) is 0 Å². The SMILES string of the molecule is CC(CN1CCCC1C(=O)O)c1cccc(Br)c1. The summed E-state index contributed by atoms with van der Waals surface area (Å²) in [6.45, 7) is 3.86. The predicted octanol–water partition coefficient (Wildman–Crippen LogP) is 3.10.